The number of nitrogens with one attached hydrogen (secondary N) is 1. The molecule has 1 aliphatic heterocycles. The number of nitrogens with two attached hydrogens (primary N) is 1. The van der Waals surface area contributed by atoms with Crippen molar-refractivity contribution in [1.82, 2.24) is 25.0 Å². The summed E-state index contributed by atoms with van der Waals surface area (Å²) in [4.78, 5) is 26.5. The summed E-state index contributed by atoms with van der Waals surface area (Å²) in [5.41, 5.74) is 5.43. The highest BCUT2D eigenvalue weighted by atomic mass is 19.2. The maximum atomic E-state index is 13.8. The Bertz CT molecular complexity index is 1000. The molecule has 3 N–H and O–H groups in total. The molecule has 168 valence electrons. The first-order valence-corrected chi connectivity index (χ1v) is 9.86. The lowest BCUT2D eigenvalue weighted by molar-refractivity contribution is -0.133. The standard InChI is InChI=1S/C20H25F3N6O2/c1-20(2,3)25-19(31)18-27-26-16-10-28(4-5-29(16)18)17(30)8-12(24)6-11-7-14(22)15(23)9-13(11)21/h7,9,12H,4-6,8,10,24H2,1-3H3,(H,25,31)/t12-/m1/s1. The second kappa shape index (κ2) is 8.66. The molecule has 0 spiro atoms. The van der Waals surface area contributed by atoms with Crippen LogP contribution in [-0.2, 0) is 24.3 Å². The van der Waals surface area contributed by atoms with Crippen LogP contribution in [-0.4, -0.2) is 49.6 Å². The molecular weight excluding hydrogens is 413 g/mol. The number of hydrogen-bond donors (Lipinski definition) is 2. The van der Waals surface area contributed by atoms with Gasteiger partial charge in [0.25, 0.3) is 5.91 Å². The van der Waals surface area contributed by atoms with Crippen molar-refractivity contribution in [1.29, 1.82) is 0 Å². The van der Waals surface area contributed by atoms with Crippen LogP contribution in [0.15, 0.2) is 12.1 Å². The quantitative estimate of drug-likeness (QED) is 0.689. The topological polar surface area (TPSA) is 106 Å². The number of carbonyl (C=O) groups excluding carboxylic acids is 2. The molecule has 0 aliphatic carbocycles. The smallest absolute Gasteiger partial charge is 0.289 e. The molecule has 31 heavy (non-hydrogen) atoms. The number of fused-ring (bicyclic) bond motifs is 1. The Hall–Kier alpha value is -2.95. The summed E-state index contributed by atoms with van der Waals surface area (Å²) in [5, 5.41) is 10.8. The van der Waals surface area contributed by atoms with Crippen molar-refractivity contribution in [3.8, 4) is 0 Å². The summed E-state index contributed by atoms with van der Waals surface area (Å²) in [7, 11) is 0. The van der Waals surface area contributed by atoms with Crippen LogP contribution in [0.5, 0.6) is 0 Å². The lowest BCUT2D eigenvalue weighted by Crippen LogP contribution is -2.44. The number of aromatic nitrogens is 3. The van der Waals surface area contributed by atoms with E-state index < -0.39 is 29.0 Å². The van der Waals surface area contributed by atoms with Gasteiger partial charge in [-0.1, -0.05) is 0 Å². The highest BCUT2D eigenvalue weighted by Gasteiger charge is 2.29. The Labute approximate surface area is 177 Å². The van der Waals surface area contributed by atoms with Gasteiger partial charge >= 0.3 is 0 Å². The molecule has 0 saturated carbocycles. The SMILES string of the molecule is CC(C)(C)NC(=O)c1nnc2n1CCN(C(=O)C[C@H](N)Cc1cc(F)c(F)cc1F)C2. The number of rotatable bonds is 5. The van der Waals surface area contributed by atoms with Crippen molar-refractivity contribution in [3.05, 3.63) is 46.8 Å². The minimum atomic E-state index is -1.28. The third kappa shape index (κ3) is 5.40. The fourth-order valence-electron chi connectivity index (χ4n) is 3.36. The zero-order valence-corrected chi connectivity index (χ0v) is 17.6. The summed E-state index contributed by atoms with van der Waals surface area (Å²) in [6.45, 7) is 6.39. The number of halogens is 3. The van der Waals surface area contributed by atoms with E-state index in [-0.39, 0.29) is 42.6 Å². The third-order valence-electron chi connectivity index (χ3n) is 4.81. The van der Waals surface area contributed by atoms with Gasteiger partial charge in [-0.25, -0.2) is 13.2 Å². The van der Waals surface area contributed by atoms with Gasteiger partial charge in [-0.05, 0) is 38.8 Å². The normalized spacial score (nSPS) is 14.9. The molecule has 2 heterocycles. The van der Waals surface area contributed by atoms with E-state index in [1.807, 2.05) is 20.8 Å². The van der Waals surface area contributed by atoms with Gasteiger partial charge in [-0.3, -0.25) is 9.59 Å². The van der Waals surface area contributed by atoms with Crippen molar-refractivity contribution in [3.63, 3.8) is 0 Å². The fraction of sp³-hybridized carbons (Fsp3) is 0.500. The van der Waals surface area contributed by atoms with Crippen LogP contribution in [0.4, 0.5) is 13.2 Å². The summed E-state index contributed by atoms with van der Waals surface area (Å²) >= 11 is 0. The summed E-state index contributed by atoms with van der Waals surface area (Å²) in [6.07, 6.45) is -0.222. The van der Waals surface area contributed by atoms with Gasteiger partial charge in [-0.15, -0.1) is 10.2 Å². The van der Waals surface area contributed by atoms with Crippen molar-refractivity contribution >= 4 is 11.8 Å². The molecule has 11 heteroatoms. The molecule has 0 fully saturated rings. The van der Waals surface area contributed by atoms with Crippen molar-refractivity contribution < 1.29 is 22.8 Å². The number of benzene rings is 1. The number of hydrogen-bond acceptors (Lipinski definition) is 5. The zero-order chi connectivity index (χ0) is 22.9. The van der Waals surface area contributed by atoms with Crippen molar-refractivity contribution in [2.75, 3.05) is 6.54 Å². The highest BCUT2D eigenvalue weighted by Crippen LogP contribution is 2.18. The van der Waals surface area contributed by atoms with Crippen molar-refractivity contribution in [2.24, 2.45) is 5.73 Å². The lowest BCUT2D eigenvalue weighted by Gasteiger charge is -2.29. The minimum absolute atomic E-state index is 0.0907. The maximum absolute atomic E-state index is 13.8. The molecule has 1 aliphatic rings. The summed E-state index contributed by atoms with van der Waals surface area (Å²) in [6, 6.07) is 0.437. The largest absolute Gasteiger partial charge is 0.345 e. The molecule has 0 saturated heterocycles. The van der Waals surface area contributed by atoms with Gasteiger partial charge in [0.1, 0.15) is 5.82 Å². The van der Waals surface area contributed by atoms with Gasteiger partial charge in [0.05, 0.1) is 6.54 Å². The molecule has 2 amide bonds. The second-order valence-corrected chi connectivity index (χ2v) is 8.64. The van der Waals surface area contributed by atoms with Gasteiger partial charge < -0.3 is 20.5 Å². The third-order valence-corrected chi connectivity index (χ3v) is 4.81. The van der Waals surface area contributed by atoms with E-state index in [9.17, 15) is 22.8 Å². The first-order chi connectivity index (χ1) is 14.4. The predicted molar refractivity (Wildman–Crippen MR) is 105 cm³/mol. The molecule has 3 rings (SSSR count). The van der Waals surface area contributed by atoms with Gasteiger partial charge in [-0.2, -0.15) is 0 Å². The summed E-state index contributed by atoms with van der Waals surface area (Å²) in [5.74, 6) is -3.34. The Balaban J connectivity index is 1.61. The number of carbonyl (C=O) groups is 2. The average molecular weight is 438 g/mol. The maximum Gasteiger partial charge on any atom is 0.289 e. The van der Waals surface area contributed by atoms with Crippen LogP contribution < -0.4 is 11.1 Å². The monoisotopic (exact) mass is 438 g/mol. The number of nitrogens with zero attached hydrogens (tertiary/aromatic N) is 4. The van der Waals surface area contributed by atoms with E-state index in [2.05, 4.69) is 15.5 Å². The Morgan fingerprint density at radius 1 is 1.13 bits per heavy atom. The van der Waals surface area contributed by atoms with Crippen LogP contribution in [0, 0.1) is 17.5 Å². The van der Waals surface area contributed by atoms with Crippen LogP contribution in [0.1, 0.15) is 49.2 Å². The molecule has 1 aromatic heterocycles. The van der Waals surface area contributed by atoms with Crippen LogP contribution in [0.2, 0.25) is 0 Å². The van der Waals surface area contributed by atoms with Gasteiger partial charge in [0.2, 0.25) is 11.7 Å². The van der Waals surface area contributed by atoms with Crippen molar-refractivity contribution in [2.45, 2.75) is 58.3 Å². The first-order valence-electron chi connectivity index (χ1n) is 9.86. The minimum Gasteiger partial charge on any atom is -0.345 e. The van der Waals surface area contributed by atoms with E-state index >= 15 is 0 Å². The Morgan fingerprint density at radius 2 is 1.81 bits per heavy atom. The molecular formula is C20H25F3N6O2. The zero-order valence-electron chi connectivity index (χ0n) is 17.6. The molecule has 2 aromatic rings. The van der Waals surface area contributed by atoms with E-state index in [1.54, 1.807) is 4.57 Å². The first kappa shape index (κ1) is 22.7. The molecule has 1 atom stereocenters. The van der Waals surface area contributed by atoms with E-state index in [1.165, 1.54) is 4.90 Å². The van der Waals surface area contributed by atoms with Gasteiger partial charge in [0.15, 0.2) is 17.5 Å². The predicted octanol–water partition coefficient (Wildman–Crippen LogP) is 1.53. The van der Waals surface area contributed by atoms with E-state index in [4.69, 9.17) is 5.73 Å². The lowest BCUT2D eigenvalue weighted by atomic mass is 10.0. The Morgan fingerprint density at radius 3 is 2.48 bits per heavy atom. The molecule has 0 unspecified atom stereocenters. The average Bonchev–Trinajstić information content (AvgIpc) is 3.08. The fourth-order valence-corrected chi connectivity index (χ4v) is 3.36. The van der Waals surface area contributed by atoms with Crippen LogP contribution in [0.3, 0.4) is 0 Å². The molecule has 0 radical (unpaired) electrons. The molecule has 1 aromatic carbocycles. The molecule has 0 bridgehead atoms. The van der Waals surface area contributed by atoms with Crippen LogP contribution in [0.25, 0.3) is 0 Å². The number of amides is 2. The second-order valence-electron chi connectivity index (χ2n) is 8.64. The van der Waals surface area contributed by atoms with Gasteiger partial charge in [0, 0.05) is 37.2 Å². The summed E-state index contributed by atoms with van der Waals surface area (Å²) < 4.78 is 41.9. The Kier molecular flexibility index (Phi) is 6.35. The molecule has 8 nitrogen and oxygen atoms in total. The van der Waals surface area contributed by atoms with E-state index in [0.29, 0.717) is 25.0 Å². The van der Waals surface area contributed by atoms with E-state index in [0.717, 1.165) is 6.07 Å². The van der Waals surface area contributed by atoms with Crippen LogP contribution >= 0.6 is 0 Å². The highest BCUT2D eigenvalue weighted by molar-refractivity contribution is 5.91.